The first-order chi connectivity index (χ1) is 2.00. The van der Waals surface area contributed by atoms with Crippen molar-refractivity contribution < 1.29 is 5.11 Å². The molecule has 0 atom stereocenters. The summed E-state index contributed by atoms with van der Waals surface area (Å²) in [5, 5.41) is 9.93. The first-order valence-corrected chi connectivity index (χ1v) is 2.20. The lowest BCUT2D eigenvalue weighted by molar-refractivity contribution is -0.405. The molecule has 1 nitrogen and oxygen atoms in total. The van der Waals surface area contributed by atoms with E-state index in [1.165, 1.54) is 6.92 Å². The van der Waals surface area contributed by atoms with E-state index in [0.717, 1.165) is 0 Å². The van der Waals surface area contributed by atoms with Crippen molar-refractivity contribution in [1.82, 2.24) is 0 Å². The lowest BCUT2D eigenvalue weighted by Crippen LogP contribution is -2.40. The predicted molar refractivity (Wildman–Crippen MR) is 19.9 cm³/mol. The van der Waals surface area contributed by atoms with Gasteiger partial charge in [0.05, 0.1) is 0 Å². The molecule has 0 saturated carbocycles. The molecule has 0 bridgehead atoms. The van der Waals surface area contributed by atoms with E-state index in [1.807, 2.05) is 0 Å². The van der Waals surface area contributed by atoms with Crippen LogP contribution in [-0.2, 0) is 0 Å². The molecule has 0 aromatic heterocycles. The summed E-state index contributed by atoms with van der Waals surface area (Å²) in [6, 6.07) is 0. The second kappa shape index (κ2) is 1.24. The maximum atomic E-state index is 9.93. The van der Waals surface area contributed by atoms with E-state index >= 15 is 0 Å². The molecular weight excluding hydrogens is 96.2 g/mol. The summed E-state index contributed by atoms with van der Waals surface area (Å²) in [7, 11) is 5.55. The highest BCUT2D eigenvalue weighted by Crippen LogP contribution is 1.72. The molecule has 26 valence electrons. The maximum Gasteiger partial charge on any atom is 0.00553 e. The second-order valence-electron chi connectivity index (χ2n) is 1.03. The summed E-state index contributed by atoms with van der Waals surface area (Å²) in [6.07, 6.45) is 0. The molecule has 0 aliphatic rings. The van der Waals surface area contributed by atoms with Crippen LogP contribution in [0.2, 0.25) is 0 Å². The van der Waals surface area contributed by atoms with Gasteiger partial charge in [-0.05, 0) is 0 Å². The fraction of sp³-hybridized carbons (Fsp3) is 1.00. The van der Waals surface area contributed by atoms with E-state index < -0.39 is 4.85 Å². The second-order valence-corrected chi connectivity index (χ2v) is 3.44. The standard InChI is InChI=1S/C2H3OSi2/c1-2(3,4)5/h1H3/q-1. The van der Waals surface area contributed by atoms with Crippen molar-refractivity contribution in [2.75, 3.05) is 0 Å². The Morgan fingerprint density at radius 3 is 1.60 bits per heavy atom. The first-order valence-electron chi connectivity index (χ1n) is 1.20. The van der Waals surface area contributed by atoms with E-state index in [-0.39, 0.29) is 0 Å². The quantitative estimate of drug-likeness (QED) is 0.334. The van der Waals surface area contributed by atoms with Gasteiger partial charge in [-0.15, -0.1) is 4.85 Å². The van der Waals surface area contributed by atoms with Crippen molar-refractivity contribution in [3.05, 3.63) is 0 Å². The molecule has 0 rings (SSSR count). The molecule has 0 aliphatic carbocycles. The van der Waals surface area contributed by atoms with E-state index in [0.29, 0.717) is 0 Å². The lowest BCUT2D eigenvalue weighted by atomic mass is 10.8. The predicted octanol–water partition coefficient (Wildman–Crippen LogP) is -1.64. The van der Waals surface area contributed by atoms with Crippen LogP contribution in [0.25, 0.3) is 0 Å². The Kier molecular flexibility index (Phi) is 1.34. The summed E-state index contributed by atoms with van der Waals surface area (Å²) in [4.78, 5) is -1.14. The minimum absolute atomic E-state index is 1.14. The van der Waals surface area contributed by atoms with Gasteiger partial charge in [-0.2, -0.15) is 0 Å². The molecule has 5 heavy (non-hydrogen) atoms. The normalized spacial score (nSPS) is 12.0. The minimum Gasteiger partial charge on any atom is -0.855 e. The molecule has 0 saturated heterocycles. The van der Waals surface area contributed by atoms with Gasteiger partial charge in [0.1, 0.15) is 0 Å². The largest absolute Gasteiger partial charge is 0.855 e. The van der Waals surface area contributed by atoms with Gasteiger partial charge >= 0.3 is 0 Å². The topological polar surface area (TPSA) is 23.1 Å². The van der Waals surface area contributed by atoms with Gasteiger partial charge in [-0.1, -0.05) is 6.92 Å². The SMILES string of the molecule is CC([O-])([Si])[Si]. The van der Waals surface area contributed by atoms with E-state index in [4.69, 9.17) is 0 Å². The van der Waals surface area contributed by atoms with Crippen LogP contribution >= 0.6 is 0 Å². The third-order valence-corrected chi connectivity index (χ3v) is 0. The Morgan fingerprint density at radius 2 is 1.60 bits per heavy atom. The van der Waals surface area contributed by atoms with Crippen LogP contribution in [0.4, 0.5) is 0 Å². The monoisotopic (exact) mass is 99.0 g/mol. The van der Waals surface area contributed by atoms with E-state index in [9.17, 15) is 5.11 Å². The van der Waals surface area contributed by atoms with Crippen molar-refractivity contribution in [3.63, 3.8) is 0 Å². The summed E-state index contributed by atoms with van der Waals surface area (Å²) in [5.74, 6) is 0. The van der Waals surface area contributed by atoms with Crippen molar-refractivity contribution in [2.24, 2.45) is 0 Å². The van der Waals surface area contributed by atoms with Crippen molar-refractivity contribution in [1.29, 1.82) is 0 Å². The molecule has 0 spiro atoms. The van der Waals surface area contributed by atoms with Gasteiger partial charge in [-0.3, -0.25) is 0 Å². The Bertz CT molecular complexity index is 23.1. The fourth-order valence-corrected chi connectivity index (χ4v) is 0. The van der Waals surface area contributed by atoms with Gasteiger partial charge in [0.2, 0.25) is 0 Å². The summed E-state index contributed by atoms with van der Waals surface area (Å²) in [6.45, 7) is 1.46. The number of hydrogen-bond acceptors (Lipinski definition) is 1. The average Bonchev–Trinajstić information content (AvgIpc) is 0.722. The first kappa shape index (κ1) is 5.39. The fourth-order valence-electron chi connectivity index (χ4n) is 0. The van der Waals surface area contributed by atoms with Crippen molar-refractivity contribution >= 4 is 20.5 Å². The van der Waals surface area contributed by atoms with Crippen LogP contribution in [0.1, 0.15) is 6.92 Å². The Hall–Kier alpha value is 0.394. The zero-order valence-corrected chi connectivity index (χ0v) is 4.91. The lowest BCUT2D eigenvalue weighted by Gasteiger charge is -2.23. The van der Waals surface area contributed by atoms with Crippen LogP contribution < -0.4 is 5.11 Å². The highest BCUT2D eigenvalue weighted by Gasteiger charge is 1.84. The molecule has 0 aliphatic heterocycles. The third kappa shape index (κ3) is 162. The van der Waals surface area contributed by atoms with Gasteiger partial charge in [0.25, 0.3) is 0 Å². The Balaban J connectivity index is 3.02. The zero-order chi connectivity index (χ0) is 4.50. The molecule has 0 aromatic carbocycles. The molecule has 6 radical (unpaired) electrons. The van der Waals surface area contributed by atoms with E-state index in [1.54, 1.807) is 0 Å². The van der Waals surface area contributed by atoms with E-state index in [2.05, 4.69) is 20.5 Å². The van der Waals surface area contributed by atoms with Crippen LogP contribution in [0, 0.1) is 0 Å². The highest BCUT2D eigenvalue weighted by atomic mass is 28.2. The molecule has 0 heterocycles. The highest BCUT2D eigenvalue weighted by molar-refractivity contribution is 6.37. The van der Waals surface area contributed by atoms with Crippen LogP contribution in [0.3, 0.4) is 0 Å². The van der Waals surface area contributed by atoms with Crippen LogP contribution in [0.15, 0.2) is 0 Å². The van der Waals surface area contributed by atoms with Gasteiger partial charge < -0.3 is 5.11 Å². The number of rotatable bonds is 0. The molecule has 3 heteroatoms. The number of hydrogen-bond donors (Lipinski definition) is 0. The van der Waals surface area contributed by atoms with Gasteiger partial charge in [0.15, 0.2) is 0 Å². The van der Waals surface area contributed by atoms with Gasteiger partial charge in [0, 0.05) is 20.5 Å². The average molecular weight is 99.2 g/mol. The van der Waals surface area contributed by atoms with Crippen LogP contribution in [-0.4, -0.2) is 25.3 Å². The van der Waals surface area contributed by atoms with Crippen LogP contribution in [0.5, 0.6) is 0 Å². The zero-order valence-electron chi connectivity index (χ0n) is 2.91. The van der Waals surface area contributed by atoms with Crippen molar-refractivity contribution in [3.8, 4) is 0 Å². The molecular formula is C2H3OSi2-. The molecule has 0 unspecified atom stereocenters. The smallest absolute Gasteiger partial charge is 0.00553 e. The summed E-state index contributed by atoms with van der Waals surface area (Å²) >= 11 is 0. The molecule has 0 aromatic rings. The third-order valence-electron chi connectivity index (χ3n) is 0. The van der Waals surface area contributed by atoms with Crippen molar-refractivity contribution in [2.45, 2.75) is 11.8 Å². The molecule has 0 amide bonds. The maximum absolute atomic E-state index is 9.93. The van der Waals surface area contributed by atoms with Gasteiger partial charge in [-0.25, -0.2) is 0 Å². The minimum atomic E-state index is -1.14. The molecule has 0 N–H and O–H groups in total. The Labute approximate surface area is 38.2 Å². The summed E-state index contributed by atoms with van der Waals surface area (Å²) in [5.41, 5.74) is 0. The Morgan fingerprint density at radius 1 is 1.60 bits per heavy atom. The summed E-state index contributed by atoms with van der Waals surface area (Å²) < 4.78 is 0. The molecule has 0 fully saturated rings.